The number of benzene rings is 6. The van der Waals surface area contributed by atoms with Crippen LogP contribution in [0.4, 0.5) is 25.0 Å². The number of ether oxygens (including phenoxy) is 4. The van der Waals surface area contributed by atoms with Crippen molar-refractivity contribution < 1.29 is 47.2 Å². The first-order valence-electron chi connectivity index (χ1n) is 40.2. The Labute approximate surface area is 672 Å². The van der Waals surface area contributed by atoms with Crippen molar-refractivity contribution in [1.29, 1.82) is 0 Å². The first-order chi connectivity index (χ1) is 55.4. The van der Waals surface area contributed by atoms with Crippen LogP contribution in [-0.4, -0.2) is 164 Å². The second kappa shape index (κ2) is 40.5. The molecule has 3 amide bonds. The highest BCUT2D eigenvalue weighted by Crippen LogP contribution is 2.35. The summed E-state index contributed by atoms with van der Waals surface area (Å²) in [5.41, 5.74) is 16.7. The minimum atomic E-state index is -0.515. The summed E-state index contributed by atoms with van der Waals surface area (Å²) in [7, 11) is 0. The molecule has 25 heteroatoms. The van der Waals surface area contributed by atoms with Gasteiger partial charge < -0.3 is 55.5 Å². The summed E-state index contributed by atoms with van der Waals surface area (Å²) in [6.45, 7) is 27.9. The van der Waals surface area contributed by atoms with Crippen molar-refractivity contribution in [2.45, 2.75) is 170 Å². The minimum Gasteiger partial charge on any atom is -0.444 e. The van der Waals surface area contributed by atoms with Gasteiger partial charge in [0.05, 0.1) is 65.9 Å². The van der Waals surface area contributed by atoms with Gasteiger partial charge in [-0.05, 0) is 178 Å². The summed E-state index contributed by atoms with van der Waals surface area (Å²) in [5, 5.41) is 37.2. The topological polar surface area (TPSA) is 240 Å². The number of fused-ring (bicyclic) bond motifs is 2. The fourth-order valence-corrected chi connectivity index (χ4v) is 15.1. The second-order valence-electron chi connectivity index (χ2n) is 30.3. The molecule has 22 nitrogen and oxygen atoms in total. The Bertz CT molecular complexity index is 4890. The number of aryl methyl sites for hydroxylation is 4. The van der Waals surface area contributed by atoms with Gasteiger partial charge in [0.15, 0.2) is 11.3 Å². The van der Waals surface area contributed by atoms with Gasteiger partial charge in [0.1, 0.15) is 17.2 Å². The summed E-state index contributed by atoms with van der Waals surface area (Å²) in [6.07, 6.45) is 9.08. The molecule has 6 aromatic carbocycles. The van der Waals surface area contributed by atoms with Crippen LogP contribution in [-0.2, 0) is 96.8 Å². The molecule has 0 spiro atoms. The highest BCUT2D eigenvalue weighted by molar-refractivity contribution is 6.18. The summed E-state index contributed by atoms with van der Waals surface area (Å²) in [4.78, 5) is 54.5. The molecule has 0 radical (unpaired) electrons. The van der Waals surface area contributed by atoms with Gasteiger partial charge in [0.25, 0.3) is 11.8 Å². The number of carbonyl (C=O) groups is 3. The van der Waals surface area contributed by atoms with Crippen LogP contribution in [0.15, 0.2) is 146 Å². The number of aliphatic hydroxyl groups is 1. The number of rotatable bonds is 26. The van der Waals surface area contributed by atoms with E-state index in [0.29, 0.717) is 78.6 Å². The number of pyridine rings is 2. The Morgan fingerprint density at radius 1 is 0.561 bits per heavy atom. The number of alkyl halides is 1. The Morgan fingerprint density at radius 2 is 1.03 bits per heavy atom. The molecule has 0 saturated carbocycles. The van der Waals surface area contributed by atoms with Crippen molar-refractivity contribution in [3.05, 3.63) is 225 Å². The number of piperazine rings is 2. The van der Waals surface area contributed by atoms with Crippen LogP contribution < -0.4 is 26.6 Å². The zero-order chi connectivity index (χ0) is 80.1. The molecule has 4 fully saturated rings. The van der Waals surface area contributed by atoms with E-state index in [2.05, 4.69) is 86.4 Å². The van der Waals surface area contributed by atoms with Gasteiger partial charge in [0.2, 0.25) is 0 Å². The summed E-state index contributed by atoms with van der Waals surface area (Å²) in [6, 6.07) is 40.8. The maximum atomic E-state index is 15.1. The average Bonchev–Trinajstić information content (AvgIpc) is 1.60. The van der Waals surface area contributed by atoms with E-state index >= 15 is 4.39 Å². The molecule has 10 aromatic rings. The van der Waals surface area contributed by atoms with Crippen molar-refractivity contribution in [1.82, 2.24) is 60.2 Å². The zero-order valence-electron chi connectivity index (χ0n) is 66.8. The van der Waals surface area contributed by atoms with Crippen molar-refractivity contribution in [2.75, 3.05) is 89.4 Å². The SMILES string of the molecule is CC(C)(C)OC(=O)N1CCN(Cc2cccc(-c3cc(CNC(=O)c4cccc(CO)c4)ccc3F)c2)CC1.CCc1nc2c(cnn2CC)c(NC2CCOCC2)c1CCl.CCc1nc2c(cnn2CC)c(NC2CCOCC2)c1COCc1cccc(C(=O)NCc2ccc(F)c(-c3cccc(CN4CCNCC4)c3)c2)c1. The Kier molecular flexibility index (Phi) is 29.7. The maximum absolute atomic E-state index is 15.1. The highest BCUT2D eigenvalue weighted by atomic mass is 35.5. The fourth-order valence-electron chi connectivity index (χ4n) is 14.9. The summed E-state index contributed by atoms with van der Waals surface area (Å²) < 4.78 is 56.7. The van der Waals surface area contributed by atoms with E-state index < -0.39 is 5.60 Å². The number of hydrogen-bond acceptors (Lipinski definition) is 17. The molecule has 4 aliphatic rings. The predicted octanol–water partition coefficient (Wildman–Crippen LogP) is 14.8. The molecule has 604 valence electrons. The van der Waals surface area contributed by atoms with E-state index in [4.69, 9.17) is 40.5 Å². The van der Waals surface area contributed by atoms with E-state index in [9.17, 15) is 23.9 Å². The molecule has 8 heterocycles. The number of amides is 3. The molecule has 0 bridgehead atoms. The predicted molar refractivity (Wildman–Crippen MR) is 444 cm³/mol. The second-order valence-corrected chi connectivity index (χ2v) is 30.6. The lowest BCUT2D eigenvalue weighted by molar-refractivity contribution is 0.0138. The van der Waals surface area contributed by atoms with Gasteiger partial charge in [0, 0.05) is 169 Å². The van der Waals surface area contributed by atoms with Crippen LogP contribution in [0.1, 0.15) is 151 Å². The standard InChI is InChI=1S/C42H50FN7O3.C31H36FN3O4.C16H23ClN4O/c1-3-39-37(40(47-34-13-19-52-20-14-34)36-25-46-50(4-2)41(36)48-39)28-53-27-31-8-6-10-33(22-31)42(51)45-24-29-11-12-38(43)35(23-29)32-9-5-7-30(21-32)26-49-17-15-44-16-18-49;1-31(2,3)39-30(38)35-14-12-34(13-15-35)20-23-6-4-8-25(16-23)27-18-22(10-11-28(27)32)19-33-29(37)26-9-5-7-24(17-26)21-36;1-3-14-12(9-17)15(19-11-5-7-22-8-6-11)13-10-18-21(4-2)16(13)20-14/h5-12,21-23,25,34,44H,3-4,13-20,24,26-28H2,1-2H3,(H,45,51)(H,47,48);4-11,16-18,36H,12-15,19-21H2,1-3H3,(H,33,37);10-11H,3-9H2,1-2H3,(H,19,20). The molecule has 114 heavy (non-hydrogen) atoms. The molecule has 0 atom stereocenters. The van der Waals surface area contributed by atoms with Crippen molar-refractivity contribution in [3.63, 3.8) is 0 Å². The van der Waals surface area contributed by atoms with Gasteiger partial charge in [-0.3, -0.25) is 19.4 Å². The van der Waals surface area contributed by atoms with Gasteiger partial charge in [-0.1, -0.05) is 86.6 Å². The minimum absolute atomic E-state index is 0.135. The van der Waals surface area contributed by atoms with Crippen molar-refractivity contribution >= 4 is 63.0 Å². The lowest BCUT2D eigenvalue weighted by Crippen LogP contribution is -2.49. The first-order valence-corrected chi connectivity index (χ1v) is 40.7. The molecular formula is C89H109ClF2N14O8. The molecule has 4 aliphatic heterocycles. The number of anilines is 2. The van der Waals surface area contributed by atoms with Crippen LogP contribution in [0.25, 0.3) is 44.3 Å². The molecule has 0 unspecified atom stereocenters. The number of carbonyl (C=O) groups excluding carboxylic acids is 3. The molecule has 14 rings (SSSR count). The molecular weight excluding hydrogens is 1470 g/mol. The Morgan fingerprint density at radius 3 is 1.51 bits per heavy atom. The average molecular weight is 1580 g/mol. The third-order valence-electron chi connectivity index (χ3n) is 21.1. The number of halogens is 3. The molecule has 4 aromatic heterocycles. The van der Waals surface area contributed by atoms with Gasteiger partial charge in [-0.15, -0.1) is 11.6 Å². The number of aromatic nitrogens is 6. The number of nitrogens with one attached hydrogen (secondary N) is 5. The van der Waals surface area contributed by atoms with Crippen LogP contribution in [0, 0.1) is 11.6 Å². The van der Waals surface area contributed by atoms with Crippen LogP contribution in [0.3, 0.4) is 0 Å². The molecule has 6 N–H and O–H groups in total. The smallest absolute Gasteiger partial charge is 0.410 e. The van der Waals surface area contributed by atoms with Crippen LogP contribution in [0.2, 0.25) is 0 Å². The highest BCUT2D eigenvalue weighted by Gasteiger charge is 2.28. The maximum Gasteiger partial charge on any atom is 0.410 e. The number of hydrogen-bond donors (Lipinski definition) is 6. The number of nitrogens with zero attached hydrogens (tertiary/aromatic N) is 9. The lowest BCUT2D eigenvalue weighted by atomic mass is 10.00. The van der Waals surface area contributed by atoms with E-state index in [0.717, 1.165) is 219 Å². The Hall–Kier alpha value is -9.76. The zero-order valence-corrected chi connectivity index (χ0v) is 67.5. The van der Waals surface area contributed by atoms with E-state index in [1.807, 2.05) is 103 Å². The number of aliphatic hydroxyl groups excluding tert-OH is 1. The quantitative estimate of drug-likeness (QED) is 0.0276. The molecule has 0 aliphatic carbocycles. The Balaban J connectivity index is 0.000000172. The van der Waals surface area contributed by atoms with E-state index in [-0.39, 0.29) is 49.2 Å². The van der Waals surface area contributed by atoms with Gasteiger partial charge in [-0.2, -0.15) is 10.2 Å². The first kappa shape index (κ1) is 83.7. The fraction of sp³-hybridized carbons (Fsp3) is 0.427. The largest absolute Gasteiger partial charge is 0.444 e. The van der Waals surface area contributed by atoms with Crippen molar-refractivity contribution in [2.24, 2.45) is 0 Å². The lowest BCUT2D eigenvalue weighted by Gasteiger charge is -2.35. The normalized spacial score (nSPS) is 15.2. The third kappa shape index (κ3) is 22.2. The van der Waals surface area contributed by atoms with Crippen molar-refractivity contribution in [3.8, 4) is 22.3 Å². The third-order valence-corrected chi connectivity index (χ3v) is 21.3. The van der Waals surface area contributed by atoms with E-state index in [1.165, 1.54) is 12.1 Å². The van der Waals surface area contributed by atoms with Crippen LogP contribution in [0.5, 0.6) is 0 Å². The monoisotopic (exact) mass is 1570 g/mol. The molecule has 4 saturated heterocycles. The summed E-state index contributed by atoms with van der Waals surface area (Å²) in [5.74, 6) is -0.602. The van der Waals surface area contributed by atoms with Crippen LogP contribution >= 0.6 is 11.6 Å². The van der Waals surface area contributed by atoms with Gasteiger partial charge in [-0.25, -0.2) is 32.9 Å². The van der Waals surface area contributed by atoms with E-state index in [1.54, 1.807) is 53.4 Å². The summed E-state index contributed by atoms with van der Waals surface area (Å²) >= 11 is 6.24. The van der Waals surface area contributed by atoms with Gasteiger partial charge >= 0.3 is 6.09 Å².